The molecule has 3 rings (SSSR count). The summed E-state index contributed by atoms with van der Waals surface area (Å²) in [7, 11) is 0. The van der Waals surface area contributed by atoms with Crippen LogP contribution in [0, 0.1) is 5.82 Å². The van der Waals surface area contributed by atoms with Crippen LogP contribution < -0.4 is 5.32 Å². The smallest absolute Gasteiger partial charge is 0.137 e. The first-order valence-electron chi connectivity index (χ1n) is 7.10. The lowest BCUT2D eigenvalue weighted by molar-refractivity contribution is -0.135. The Labute approximate surface area is 127 Å². The first-order valence-corrected chi connectivity index (χ1v) is 7.89. The van der Waals surface area contributed by atoms with Crippen LogP contribution in [0.25, 0.3) is 0 Å². The number of nitrogens with one attached hydrogen (secondary N) is 1. The Morgan fingerprint density at radius 1 is 1.25 bits per heavy atom. The van der Waals surface area contributed by atoms with E-state index in [9.17, 15) is 4.39 Å². The second-order valence-electron chi connectivity index (χ2n) is 5.61. The fourth-order valence-corrected chi connectivity index (χ4v) is 3.44. The van der Waals surface area contributed by atoms with Crippen molar-refractivity contribution in [3.8, 4) is 0 Å². The number of halogens is 2. The number of hydrogen-bond donors (Lipinski definition) is 1. The Morgan fingerprint density at radius 2 is 2.05 bits per heavy atom. The normalized spacial score (nSPS) is 25.6. The predicted molar refractivity (Wildman–Crippen MR) is 79.5 cm³/mol. The average molecular weight is 344 g/mol. The van der Waals surface area contributed by atoms with Gasteiger partial charge in [0.25, 0.3) is 0 Å². The summed E-state index contributed by atoms with van der Waals surface area (Å²) in [6.07, 6.45) is 3.92. The maximum absolute atomic E-state index is 13.3. The monoisotopic (exact) mass is 343 g/mol. The zero-order chi connectivity index (χ0) is 14.0. The Balaban J connectivity index is 1.66. The quantitative estimate of drug-likeness (QED) is 0.887. The van der Waals surface area contributed by atoms with Crippen molar-refractivity contribution in [2.45, 2.75) is 37.3 Å². The summed E-state index contributed by atoms with van der Waals surface area (Å²) in [5.74, 6) is -0.233. The molecule has 1 aromatic carbocycles. The minimum Gasteiger partial charge on any atom is -0.382 e. The molecule has 1 aromatic rings. The van der Waals surface area contributed by atoms with Crippen LogP contribution in [-0.2, 0) is 9.47 Å². The molecule has 1 unspecified atom stereocenters. The van der Waals surface area contributed by atoms with Gasteiger partial charge in [0.1, 0.15) is 5.82 Å². The third-order valence-corrected chi connectivity index (χ3v) is 4.80. The molecule has 110 valence electrons. The van der Waals surface area contributed by atoms with E-state index < -0.39 is 0 Å². The van der Waals surface area contributed by atoms with Gasteiger partial charge in [0.15, 0.2) is 0 Å². The van der Waals surface area contributed by atoms with E-state index in [1.807, 2.05) is 0 Å². The van der Waals surface area contributed by atoms with E-state index >= 15 is 0 Å². The van der Waals surface area contributed by atoms with Crippen LogP contribution in [0.3, 0.4) is 0 Å². The van der Waals surface area contributed by atoms with Crippen LogP contribution in [0.2, 0.25) is 0 Å². The third-order valence-electron chi connectivity index (χ3n) is 4.19. The number of hydrogen-bond acceptors (Lipinski definition) is 3. The highest BCUT2D eigenvalue weighted by atomic mass is 79.9. The fourth-order valence-electron chi connectivity index (χ4n) is 3.06. The molecule has 0 bridgehead atoms. The summed E-state index contributed by atoms with van der Waals surface area (Å²) in [5.41, 5.74) is 0.929. The zero-order valence-electron chi connectivity index (χ0n) is 11.3. The highest BCUT2D eigenvalue weighted by Gasteiger charge is 2.38. The second-order valence-corrected chi connectivity index (χ2v) is 6.46. The van der Waals surface area contributed by atoms with Gasteiger partial charge in [-0.3, -0.25) is 0 Å². The van der Waals surface area contributed by atoms with Crippen LogP contribution in [0.1, 0.15) is 25.7 Å². The molecule has 0 amide bonds. The van der Waals surface area contributed by atoms with Crippen LogP contribution in [0.4, 0.5) is 10.1 Å². The minimum absolute atomic E-state index is 0.0224. The standard InChI is InChI=1S/C15H19BrFNO2/c16-13-9-11(1-2-14(13)17)18-12-3-6-20-15(10-12)4-7-19-8-5-15/h1-2,9,12,18H,3-8,10H2. The molecule has 2 aliphatic rings. The van der Waals surface area contributed by atoms with Gasteiger partial charge in [-0.15, -0.1) is 0 Å². The predicted octanol–water partition coefficient (Wildman–Crippen LogP) is 3.73. The summed E-state index contributed by atoms with van der Waals surface area (Å²) in [6.45, 7) is 2.35. The maximum Gasteiger partial charge on any atom is 0.137 e. The molecule has 0 aromatic heterocycles. The molecule has 0 saturated carbocycles. The molecule has 0 aliphatic carbocycles. The molecule has 2 aliphatic heterocycles. The van der Waals surface area contributed by atoms with Gasteiger partial charge < -0.3 is 14.8 Å². The van der Waals surface area contributed by atoms with E-state index in [2.05, 4.69) is 21.2 Å². The van der Waals surface area contributed by atoms with Crippen LogP contribution in [0.15, 0.2) is 22.7 Å². The van der Waals surface area contributed by atoms with Gasteiger partial charge in [0, 0.05) is 31.5 Å². The molecule has 0 radical (unpaired) electrons. The number of ether oxygens (including phenoxy) is 2. The number of benzene rings is 1. The molecule has 1 atom stereocenters. The van der Waals surface area contributed by atoms with Gasteiger partial charge in [0.05, 0.1) is 10.1 Å². The molecule has 1 N–H and O–H groups in total. The lowest BCUT2D eigenvalue weighted by Crippen LogP contribution is -2.47. The van der Waals surface area contributed by atoms with Crippen molar-refractivity contribution < 1.29 is 13.9 Å². The lowest BCUT2D eigenvalue weighted by atomic mass is 9.84. The summed E-state index contributed by atoms with van der Waals surface area (Å²) in [5, 5.41) is 3.50. The Bertz CT molecular complexity index is 471. The summed E-state index contributed by atoms with van der Waals surface area (Å²) in [6, 6.07) is 5.43. The largest absolute Gasteiger partial charge is 0.382 e. The van der Waals surface area contributed by atoms with Crippen molar-refractivity contribution in [1.82, 2.24) is 0 Å². The summed E-state index contributed by atoms with van der Waals surface area (Å²) in [4.78, 5) is 0. The van der Waals surface area contributed by atoms with E-state index in [-0.39, 0.29) is 11.4 Å². The SMILES string of the molecule is Fc1ccc(NC2CCOC3(CCOCC3)C2)cc1Br. The van der Waals surface area contributed by atoms with Crippen molar-refractivity contribution in [3.63, 3.8) is 0 Å². The van der Waals surface area contributed by atoms with Gasteiger partial charge in [-0.2, -0.15) is 0 Å². The van der Waals surface area contributed by atoms with E-state index in [1.165, 1.54) is 6.07 Å². The molecule has 2 heterocycles. The van der Waals surface area contributed by atoms with Crippen LogP contribution in [0.5, 0.6) is 0 Å². The van der Waals surface area contributed by atoms with Crippen molar-refractivity contribution in [1.29, 1.82) is 0 Å². The molecule has 2 saturated heterocycles. The second kappa shape index (κ2) is 6.00. The minimum atomic E-state index is -0.233. The van der Waals surface area contributed by atoms with E-state index in [4.69, 9.17) is 9.47 Å². The van der Waals surface area contributed by atoms with Gasteiger partial charge in [-0.25, -0.2) is 4.39 Å². The molecular formula is C15H19BrFNO2. The Hall–Kier alpha value is -0.650. The highest BCUT2D eigenvalue weighted by Crippen LogP contribution is 2.35. The molecule has 2 fully saturated rings. The van der Waals surface area contributed by atoms with Gasteiger partial charge in [-0.05, 0) is 59.8 Å². The Morgan fingerprint density at radius 3 is 2.80 bits per heavy atom. The van der Waals surface area contributed by atoms with Gasteiger partial charge in [-0.1, -0.05) is 0 Å². The third kappa shape index (κ3) is 3.15. The maximum atomic E-state index is 13.3. The van der Waals surface area contributed by atoms with Crippen molar-refractivity contribution in [3.05, 3.63) is 28.5 Å². The van der Waals surface area contributed by atoms with Crippen LogP contribution >= 0.6 is 15.9 Å². The number of rotatable bonds is 2. The fraction of sp³-hybridized carbons (Fsp3) is 0.600. The zero-order valence-corrected chi connectivity index (χ0v) is 12.9. The molecule has 5 heteroatoms. The topological polar surface area (TPSA) is 30.5 Å². The number of anilines is 1. The summed E-state index contributed by atoms with van der Waals surface area (Å²) < 4.78 is 25.2. The molecule has 1 spiro atoms. The molecule has 3 nitrogen and oxygen atoms in total. The van der Waals surface area contributed by atoms with Crippen molar-refractivity contribution in [2.75, 3.05) is 25.1 Å². The van der Waals surface area contributed by atoms with Crippen molar-refractivity contribution in [2.24, 2.45) is 0 Å². The van der Waals surface area contributed by atoms with Crippen molar-refractivity contribution >= 4 is 21.6 Å². The summed E-state index contributed by atoms with van der Waals surface area (Å²) >= 11 is 3.22. The first kappa shape index (κ1) is 14.3. The van der Waals surface area contributed by atoms with Gasteiger partial charge in [0.2, 0.25) is 0 Å². The van der Waals surface area contributed by atoms with E-state index in [0.717, 1.165) is 51.2 Å². The van der Waals surface area contributed by atoms with Crippen LogP contribution in [-0.4, -0.2) is 31.5 Å². The van der Waals surface area contributed by atoms with Gasteiger partial charge >= 0.3 is 0 Å². The van der Waals surface area contributed by atoms with E-state index in [0.29, 0.717) is 10.5 Å². The molecular weight excluding hydrogens is 325 g/mol. The van der Waals surface area contributed by atoms with E-state index in [1.54, 1.807) is 12.1 Å². The first-order chi connectivity index (χ1) is 9.67. The lowest BCUT2D eigenvalue weighted by Gasteiger charge is -2.43. The molecule has 20 heavy (non-hydrogen) atoms. The highest BCUT2D eigenvalue weighted by molar-refractivity contribution is 9.10. The Kier molecular flexibility index (Phi) is 4.29. The average Bonchev–Trinajstić information content (AvgIpc) is 2.44.